The quantitative estimate of drug-likeness (QED) is 0.724. The van der Waals surface area contributed by atoms with Gasteiger partial charge in [0.2, 0.25) is 0 Å². The van der Waals surface area contributed by atoms with Gasteiger partial charge in [-0.15, -0.1) is 0 Å². The molecule has 0 spiro atoms. The van der Waals surface area contributed by atoms with Crippen LogP contribution >= 0.6 is 0 Å². The average Bonchev–Trinajstić information content (AvgIpc) is 2.98. The maximum atomic E-state index is 5.18. The Morgan fingerprint density at radius 2 is 2.00 bits per heavy atom. The van der Waals surface area contributed by atoms with E-state index < -0.39 is 0 Å². The van der Waals surface area contributed by atoms with E-state index in [1.54, 1.807) is 0 Å². The normalized spacial score (nSPS) is 21.3. The van der Waals surface area contributed by atoms with Crippen LogP contribution in [0.3, 0.4) is 0 Å². The number of aromatic nitrogens is 3. The highest BCUT2D eigenvalue weighted by Crippen LogP contribution is 2.34. The highest BCUT2D eigenvalue weighted by Gasteiger charge is 2.29. The van der Waals surface area contributed by atoms with Crippen molar-refractivity contribution in [3.05, 3.63) is 65.0 Å². The van der Waals surface area contributed by atoms with Crippen molar-refractivity contribution in [3.8, 4) is 0 Å². The average molecular weight is 433 g/mol. The molecule has 0 saturated carbocycles. The third-order valence-electron chi connectivity index (χ3n) is 7.40. The number of piperazine rings is 1. The second-order valence-corrected chi connectivity index (χ2v) is 9.38. The highest BCUT2D eigenvalue weighted by atomic mass is 15.3. The van der Waals surface area contributed by atoms with Gasteiger partial charge in [0.15, 0.2) is 0 Å². The van der Waals surface area contributed by atoms with Crippen molar-refractivity contribution in [2.45, 2.75) is 45.2 Å². The topological polar surface area (TPSA) is 40.4 Å². The first-order valence-corrected chi connectivity index (χ1v) is 12.2. The fourth-order valence-corrected chi connectivity index (χ4v) is 5.49. The van der Waals surface area contributed by atoms with Crippen molar-refractivity contribution in [2.75, 3.05) is 39.8 Å². The summed E-state index contributed by atoms with van der Waals surface area (Å²) < 4.78 is 2.36. The lowest BCUT2D eigenvalue weighted by Crippen LogP contribution is -2.43. The predicted molar refractivity (Wildman–Crippen MR) is 129 cm³/mol. The van der Waals surface area contributed by atoms with Gasteiger partial charge in [-0.25, -0.2) is 4.98 Å². The number of aryl methyl sites for hydroxylation is 1. The summed E-state index contributed by atoms with van der Waals surface area (Å²) >= 11 is 0. The number of imidazole rings is 1. The van der Waals surface area contributed by atoms with Crippen LogP contribution in [-0.4, -0.2) is 69.0 Å². The first kappa shape index (κ1) is 21.4. The minimum absolute atomic E-state index is 0.383. The van der Waals surface area contributed by atoms with Crippen LogP contribution < -0.4 is 0 Å². The molecule has 0 amide bonds. The lowest BCUT2D eigenvalue weighted by Gasteiger charge is -2.36. The Balaban J connectivity index is 1.43. The summed E-state index contributed by atoms with van der Waals surface area (Å²) in [5.74, 6) is 1.16. The Morgan fingerprint density at radius 1 is 1.16 bits per heavy atom. The molecular weight excluding hydrogens is 396 g/mol. The molecule has 5 rings (SSSR count). The van der Waals surface area contributed by atoms with Crippen LogP contribution in [-0.2, 0) is 26.4 Å². The Kier molecular flexibility index (Phi) is 6.15. The molecule has 1 aliphatic heterocycles. The zero-order chi connectivity index (χ0) is 22.1. The van der Waals surface area contributed by atoms with Crippen LogP contribution in [0.1, 0.15) is 54.3 Å². The Morgan fingerprint density at radius 3 is 2.81 bits per heavy atom. The lowest BCUT2D eigenvalue weighted by atomic mass is 9.91. The number of hydrogen-bond acceptors (Lipinski definition) is 5. The molecule has 1 unspecified atom stereocenters. The largest absolute Gasteiger partial charge is 0.367 e. The fourth-order valence-electron chi connectivity index (χ4n) is 5.49. The van der Waals surface area contributed by atoms with E-state index in [4.69, 9.17) is 9.97 Å². The summed E-state index contributed by atoms with van der Waals surface area (Å²) in [4.78, 5) is 17.5. The van der Waals surface area contributed by atoms with Gasteiger partial charge < -0.3 is 14.4 Å². The second kappa shape index (κ2) is 9.20. The van der Waals surface area contributed by atoms with E-state index in [9.17, 15) is 0 Å². The molecule has 0 radical (unpaired) electrons. The van der Waals surface area contributed by atoms with Gasteiger partial charge >= 0.3 is 0 Å². The molecule has 0 N–H and O–H groups in total. The molecule has 32 heavy (non-hydrogen) atoms. The molecule has 3 heterocycles. The number of allylic oxidation sites excluding steroid dienone is 3. The van der Waals surface area contributed by atoms with Crippen molar-refractivity contribution >= 4 is 5.70 Å². The van der Waals surface area contributed by atoms with Crippen LogP contribution in [0.4, 0.5) is 0 Å². The zero-order valence-electron chi connectivity index (χ0n) is 19.8. The van der Waals surface area contributed by atoms with Crippen molar-refractivity contribution in [1.82, 2.24) is 29.2 Å². The molecule has 6 nitrogen and oxygen atoms in total. The summed E-state index contributed by atoms with van der Waals surface area (Å²) in [5.41, 5.74) is 6.53. The SMILES string of the molecule is CCN(Cc1nc2c(n1C)C(N1CCN(C)CC1)=CC=CC2)C1CCCc2cccnc21. The maximum Gasteiger partial charge on any atom is 0.123 e. The second-order valence-electron chi connectivity index (χ2n) is 9.38. The zero-order valence-corrected chi connectivity index (χ0v) is 19.8. The van der Waals surface area contributed by atoms with Gasteiger partial charge in [-0.3, -0.25) is 9.88 Å². The standard InChI is InChI=1S/C26H36N6/c1-4-31(22-13-7-9-20-10-8-14-27-25(20)22)19-24-28-21-11-5-6-12-23(26(21)30(24)3)32-17-15-29(2)16-18-32/h5-6,8,10,12,14,22H,4,7,9,11,13,15-19H2,1-3H3. The lowest BCUT2D eigenvalue weighted by molar-refractivity contribution is 0.169. The minimum Gasteiger partial charge on any atom is -0.367 e. The van der Waals surface area contributed by atoms with Gasteiger partial charge in [0, 0.05) is 45.8 Å². The van der Waals surface area contributed by atoms with Gasteiger partial charge in [0.1, 0.15) is 5.82 Å². The molecular formula is C26H36N6. The highest BCUT2D eigenvalue weighted by molar-refractivity contribution is 5.67. The molecule has 1 fully saturated rings. The van der Waals surface area contributed by atoms with Crippen LogP contribution in [0.15, 0.2) is 36.6 Å². The number of pyridine rings is 1. The summed E-state index contributed by atoms with van der Waals surface area (Å²) in [6.07, 6.45) is 13.2. The third-order valence-corrected chi connectivity index (χ3v) is 7.40. The van der Waals surface area contributed by atoms with Crippen LogP contribution in [0.2, 0.25) is 0 Å². The summed E-state index contributed by atoms with van der Waals surface area (Å²) in [7, 11) is 4.42. The molecule has 0 aromatic carbocycles. The predicted octanol–water partition coefficient (Wildman–Crippen LogP) is 3.42. The van der Waals surface area contributed by atoms with E-state index >= 15 is 0 Å². The monoisotopic (exact) mass is 432 g/mol. The number of rotatable bonds is 5. The first-order valence-electron chi connectivity index (χ1n) is 12.2. The van der Waals surface area contributed by atoms with E-state index in [-0.39, 0.29) is 0 Å². The molecule has 2 aromatic rings. The molecule has 170 valence electrons. The molecule has 1 atom stereocenters. The van der Waals surface area contributed by atoms with Crippen LogP contribution in [0.5, 0.6) is 0 Å². The molecule has 2 aliphatic carbocycles. The summed E-state index contributed by atoms with van der Waals surface area (Å²) in [5, 5.41) is 0. The molecule has 3 aliphatic rings. The number of nitrogens with zero attached hydrogens (tertiary/aromatic N) is 6. The van der Waals surface area contributed by atoms with Crippen LogP contribution in [0.25, 0.3) is 5.70 Å². The first-order chi connectivity index (χ1) is 15.7. The Labute approximate surface area is 192 Å². The number of hydrogen-bond donors (Lipinski definition) is 0. The van der Waals surface area contributed by atoms with Gasteiger partial charge in [0.25, 0.3) is 0 Å². The fraction of sp³-hybridized carbons (Fsp3) is 0.538. The van der Waals surface area contributed by atoms with E-state index in [0.29, 0.717) is 6.04 Å². The Hall–Kier alpha value is -2.44. The molecule has 0 bridgehead atoms. The third kappa shape index (κ3) is 4.02. The van der Waals surface area contributed by atoms with E-state index in [1.807, 2.05) is 6.20 Å². The van der Waals surface area contributed by atoms with Crippen molar-refractivity contribution < 1.29 is 0 Å². The van der Waals surface area contributed by atoms with E-state index in [2.05, 4.69) is 70.6 Å². The smallest absolute Gasteiger partial charge is 0.123 e. The van der Waals surface area contributed by atoms with Crippen molar-refractivity contribution in [2.24, 2.45) is 7.05 Å². The van der Waals surface area contributed by atoms with E-state index in [1.165, 1.54) is 41.2 Å². The van der Waals surface area contributed by atoms with Crippen molar-refractivity contribution in [3.63, 3.8) is 0 Å². The number of fused-ring (bicyclic) bond motifs is 2. The molecule has 2 aromatic heterocycles. The van der Waals surface area contributed by atoms with Crippen molar-refractivity contribution in [1.29, 1.82) is 0 Å². The van der Waals surface area contributed by atoms with E-state index in [0.717, 1.165) is 57.9 Å². The van der Waals surface area contributed by atoms with Gasteiger partial charge in [-0.05, 0) is 50.6 Å². The Bertz CT molecular complexity index is 1010. The van der Waals surface area contributed by atoms with Gasteiger partial charge in [0.05, 0.1) is 35.4 Å². The molecule has 6 heteroatoms. The van der Waals surface area contributed by atoms with Gasteiger partial charge in [-0.1, -0.05) is 25.1 Å². The minimum atomic E-state index is 0.383. The summed E-state index contributed by atoms with van der Waals surface area (Å²) in [6.45, 7) is 8.49. The van der Waals surface area contributed by atoms with Crippen LogP contribution in [0, 0.1) is 0 Å². The van der Waals surface area contributed by atoms with Gasteiger partial charge in [-0.2, -0.15) is 0 Å². The molecule has 1 saturated heterocycles. The number of likely N-dealkylation sites (N-methyl/N-ethyl adjacent to an activating group) is 1. The maximum absolute atomic E-state index is 5.18. The summed E-state index contributed by atoms with van der Waals surface area (Å²) in [6, 6.07) is 4.71.